The van der Waals surface area contributed by atoms with Crippen LogP contribution in [0, 0.1) is 0 Å². The van der Waals surface area contributed by atoms with Crippen LogP contribution in [-0.2, 0) is 0 Å². The minimum Gasteiger partial charge on any atom is -0.496 e. The fourth-order valence-corrected chi connectivity index (χ4v) is 3.78. The number of fused-ring (bicyclic) bond motifs is 2. The Morgan fingerprint density at radius 2 is 1.89 bits per heavy atom. The van der Waals surface area contributed by atoms with Gasteiger partial charge in [0.25, 0.3) is 0 Å². The lowest BCUT2D eigenvalue weighted by Gasteiger charge is -2.24. The van der Waals surface area contributed by atoms with E-state index in [2.05, 4.69) is 15.3 Å². The lowest BCUT2D eigenvalue weighted by molar-refractivity contribution is 0.0836. The maximum Gasteiger partial charge on any atom is 0.235 e. The molecule has 2 aromatic heterocycles. The second kappa shape index (κ2) is 6.97. The average molecular weight is 392 g/mol. The molecule has 1 aliphatic heterocycles. The second-order valence-electron chi connectivity index (χ2n) is 6.13. The van der Waals surface area contributed by atoms with Gasteiger partial charge in [0, 0.05) is 5.56 Å². The van der Waals surface area contributed by atoms with Gasteiger partial charge in [0.1, 0.15) is 17.4 Å². The highest BCUT2D eigenvalue weighted by molar-refractivity contribution is 7.17. The van der Waals surface area contributed by atoms with Gasteiger partial charge in [-0.3, -0.25) is 0 Å². The summed E-state index contributed by atoms with van der Waals surface area (Å²) in [6.45, 7) is 0.363. The number of aromatic nitrogens is 4. The minimum atomic E-state index is -0.363. The summed E-state index contributed by atoms with van der Waals surface area (Å²) in [5, 5.41) is 13.9. The molecule has 0 saturated heterocycles. The van der Waals surface area contributed by atoms with Gasteiger partial charge in [0.05, 0.1) is 7.11 Å². The van der Waals surface area contributed by atoms with Gasteiger partial charge in [-0.1, -0.05) is 41.7 Å². The Bertz CT molecular complexity index is 1170. The van der Waals surface area contributed by atoms with Crippen LogP contribution in [0.25, 0.3) is 17.1 Å². The molecule has 0 bridgehead atoms. The largest absolute Gasteiger partial charge is 0.496 e. The van der Waals surface area contributed by atoms with Gasteiger partial charge in [0.15, 0.2) is 23.4 Å². The van der Waals surface area contributed by atoms with Crippen molar-refractivity contribution >= 4 is 28.4 Å². The van der Waals surface area contributed by atoms with Crippen LogP contribution in [0.2, 0.25) is 0 Å². The molecule has 3 heterocycles. The number of hydrogen-bond acceptors (Lipinski definition) is 7. The Morgan fingerprint density at radius 1 is 1.07 bits per heavy atom. The summed E-state index contributed by atoms with van der Waals surface area (Å²) in [4.78, 5) is 0.706. The molecule has 0 amide bonds. The number of benzene rings is 2. The SMILES string of the molecule is COc1ccccc1/C=C/c1nn2c([C@@H]3COc4ccccc4O3)nnc2s1. The molecule has 0 unspecified atom stereocenters. The van der Waals surface area contributed by atoms with Crippen molar-refractivity contribution in [3.63, 3.8) is 0 Å². The predicted molar refractivity (Wildman–Crippen MR) is 106 cm³/mol. The summed E-state index contributed by atoms with van der Waals surface area (Å²) in [6, 6.07) is 15.4. The van der Waals surface area contributed by atoms with E-state index in [1.165, 1.54) is 11.3 Å². The maximum absolute atomic E-state index is 6.03. The third-order valence-electron chi connectivity index (χ3n) is 4.37. The van der Waals surface area contributed by atoms with Gasteiger partial charge in [-0.05, 0) is 30.4 Å². The Hall–Kier alpha value is -3.39. The first-order valence-corrected chi connectivity index (χ1v) is 9.55. The van der Waals surface area contributed by atoms with Crippen molar-refractivity contribution in [2.45, 2.75) is 6.10 Å². The first kappa shape index (κ1) is 16.8. The normalized spacial score (nSPS) is 16.0. The quantitative estimate of drug-likeness (QED) is 0.525. The van der Waals surface area contributed by atoms with Gasteiger partial charge in [-0.25, -0.2) is 0 Å². The van der Waals surface area contributed by atoms with Crippen molar-refractivity contribution in [3.8, 4) is 17.2 Å². The van der Waals surface area contributed by atoms with Crippen LogP contribution in [0.15, 0.2) is 48.5 Å². The molecule has 0 N–H and O–H groups in total. The number of rotatable bonds is 4. The van der Waals surface area contributed by atoms with E-state index in [0.717, 1.165) is 22.1 Å². The van der Waals surface area contributed by atoms with Crippen LogP contribution in [0.4, 0.5) is 0 Å². The molecule has 7 nitrogen and oxygen atoms in total. The molecule has 140 valence electrons. The van der Waals surface area contributed by atoms with Crippen LogP contribution < -0.4 is 14.2 Å². The fraction of sp³-hybridized carbons (Fsp3) is 0.150. The van der Waals surface area contributed by atoms with E-state index in [4.69, 9.17) is 14.2 Å². The molecular formula is C20H16N4O3S. The van der Waals surface area contributed by atoms with Crippen LogP contribution in [0.3, 0.4) is 0 Å². The van der Waals surface area contributed by atoms with Crippen molar-refractivity contribution in [1.82, 2.24) is 19.8 Å². The summed E-state index contributed by atoms with van der Waals surface area (Å²) in [7, 11) is 1.66. The number of methoxy groups -OCH3 is 1. The number of hydrogen-bond donors (Lipinski definition) is 0. The van der Waals surface area contributed by atoms with E-state index in [0.29, 0.717) is 23.1 Å². The van der Waals surface area contributed by atoms with Crippen molar-refractivity contribution in [1.29, 1.82) is 0 Å². The molecule has 0 spiro atoms. The summed E-state index contributed by atoms with van der Waals surface area (Å²) in [5.41, 5.74) is 0.983. The fourth-order valence-electron chi connectivity index (χ4n) is 3.03. The monoisotopic (exact) mass is 392 g/mol. The van der Waals surface area contributed by atoms with E-state index in [-0.39, 0.29) is 6.10 Å². The van der Waals surface area contributed by atoms with E-state index >= 15 is 0 Å². The average Bonchev–Trinajstić information content (AvgIpc) is 3.32. The molecule has 0 aliphatic carbocycles. The molecule has 0 saturated carbocycles. The van der Waals surface area contributed by atoms with E-state index in [9.17, 15) is 0 Å². The van der Waals surface area contributed by atoms with Gasteiger partial charge >= 0.3 is 0 Å². The summed E-state index contributed by atoms with van der Waals surface area (Å²) in [5.74, 6) is 2.87. The van der Waals surface area contributed by atoms with Crippen LogP contribution >= 0.6 is 11.3 Å². The highest BCUT2D eigenvalue weighted by Crippen LogP contribution is 2.35. The third-order valence-corrected chi connectivity index (χ3v) is 5.24. The highest BCUT2D eigenvalue weighted by Gasteiger charge is 2.28. The van der Waals surface area contributed by atoms with Crippen molar-refractivity contribution in [2.75, 3.05) is 13.7 Å². The zero-order valence-electron chi connectivity index (χ0n) is 15.0. The smallest absolute Gasteiger partial charge is 0.235 e. The van der Waals surface area contributed by atoms with Gasteiger partial charge in [0.2, 0.25) is 4.96 Å². The topological polar surface area (TPSA) is 70.8 Å². The lowest BCUT2D eigenvalue weighted by Crippen LogP contribution is -2.23. The molecule has 8 heteroatoms. The first-order valence-electron chi connectivity index (χ1n) is 8.73. The maximum atomic E-state index is 6.03. The van der Waals surface area contributed by atoms with E-state index in [1.54, 1.807) is 11.6 Å². The first-order chi connectivity index (χ1) is 13.8. The summed E-state index contributed by atoms with van der Waals surface area (Å²) < 4.78 is 18.9. The van der Waals surface area contributed by atoms with Gasteiger partial charge in [-0.2, -0.15) is 9.61 Å². The van der Waals surface area contributed by atoms with Crippen molar-refractivity contribution < 1.29 is 14.2 Å². The summed E-state index contributed by atoms with van der Waals surface area (Å²) in [6.07, 6.45) is 3.55. The molecule has 28 heavy (non-hydrogen) atoms. The standard InChI is InChI=1S/C20H16N4O3S/c1-25-14-7-3-2-6-13(14)10-11-18-23-24-19(21-22-20(24)28-18)17-12-26-15-8-4-5-9-16(15)27-17/h2-11,17H,12H2,1H3/b11-10+/t17-/m0/s1. The highest BCUT2D eigenvalue weighted by atomic mass is 32.1. The molecular weight excluding hydrogens is 376 g/mol. The predicted octanol–water partition coefficient (Wildman–Crippen LogP) is 3.88. The molecule has 4 aromatic rings. The Morgan fingerprint density at radius 3 is 2.79 bits per heavy atom. The Balaban J connectivity index is 1.43. The molecule has 5 rings (SSSR count). The van der Waals surface area contributed by atoms with Gasteiger partial charge in [-0.15, -0.1) is 10.2 Å². The van der Waals surface area contributed by atoms with Crippen LogP contribution in [0.5, 0.6) is 17.2 Å². The molecule has 1 atom stereocenters. The molecule has 2 aromatic carbocycles. The molecule has 1 aliphatic rings. The number of ether oxygens (including phenoxy) is 3. The Kier molecular flexibility index (Phi) is 4.17. The summed E-state index contributed by atoms with van der Waals surface area (Å²) >= 11 is 1.45. The van der Waals surface area contributed by atoms with E-state index < -0.39 is 0 Å². The van der Waals surface area contributed by atoms with Crippen molar-refractivity contribution in [3.05, 3.63) is 64.9 Å². The zero-order chi connectivity index (χ0) is 18.9. The lowest BCUT2D eigenvalue weighted by atomic mass is 10.2. The number of para-hydroxylation sites is 3. The van der Waals surface area contributed by atoms with E-state index in [1.807, 2.05) is 60.7 Å². The number of nitrogens with zero attached hydrogens (tertiary/aromatic N) is 4. The minimum absolute atomic E-state index is 0.363. The van der Waals surface area contributed by atoms with Crippen LogP contribution in [0.1, 0.15) is 22.5 Å². The third kappa shape index (κ3) is 2.97. The molecule has 0 fully saturated rings. The Labute approximate surface area is 164 Å². The zero-order valence-corrected chi connectivity index (χ0v) is 15.8. The van der Waals surface area contributed by atoms with Gasteiger partial charge < -0.3 is 14.2 Å². The van der Waals surface area contributed by atoms with Crippen LogP contribution in [-0.4, -0.2) is 33.5 Å². The van der Waals surface area contributed by atoms with Crippen molar-refractivity contribution in [2.24, 2.45) is 0 Å². The molecule has 0 radical (unpaired) electrons. The second-order valence-corrected chi connectivity index (χ2v) is 7.12.